The first-order valence-electron chi connectivity index (χ1n) is 6.39. The van der Waals surface area contributed by atoms with Gasteiger partial charge in [-0.1, -0.05) is 36.4 Å². The van der Waals surface area contributed by atoms with E-state index in [-0.39, 0.29) is 11.7 Å². The van der Waals surface area contributed by atoms with Gasteiger partial charge in [-0.15, -0.1) is 11.3 Å². The standard InChI is InChI=1S/C17H14FNS/c18-13-8-9-15(19)14(11-13)17(16-7-4-10-20-16)12-5-2-1-3-6-12/h1-11,17H,19H2. The number of hydrogen-bond acceptors (Lipinski definition) is 2. The summed E-state index contributed by atoms with van der Waals surface area (Å²) in [6, 6.07) is 18.7. The lowest BCUT2D eigenvalue weighted by molar-refractivity contribution is 0.625. The molecule has 1 nitrogen and oxygen atoms in total. The van der Waals surface area contributed by atoms with Gasteiger partial charge in [-0.05, 0) is 40.8 Å². The van der Waals surface area contributed by atoms with E-state index in [4.69, 9.17) is 5.73 Å². The Morgan fingerprint density at radius 3 is 2.45 bits per heavy atom. The Kier molecular flexibility index (Phi) is 3.52. The normalized spacial score (nSPS) is 12.2. The van der Waals surface area contributed by atoms with Crippen molar-refractivity contribution in [3.05, 3.63) is 87.9 Å². The zero-order chi connectivity index (χ0) is 13.9. The van der Waals surface area contributed by atoms with Gasteiger partial charge in [0.2, 0.25) is 0 Å². The Morgan fingerprint density at radius 2 is 1.75 bits per heavy atom. The molecule has 1 atom stereocenters. The molecule has 3 rings (SSSR count). The van der Waals surface area contributed by atoms with Crippen molar-refractivity contribution in [2.75, 3.05) is 5.73 Å². The molecule has 1 unspecified atom stereocenters. The molecule has 0 aliphatic heterocycles. The van der Waals surface area contributed by atoms with Gasteiger partial charge in [0.05, 0.1) is 0 Å². The molecule has 0 fully saturated rings. The van der Waals surface area contributed by atoms with Gasteiger partial charge >= 0.3 is 0 Å². The number of benzene rings is 2. The SMILES string of the molecule is Nc1ccc(F)cc1C(c1ccccc1)c1cccs1. The second kappa shape index (κ2) is 5.47. The minimum absolute atomic E-state index is 0.0214. The fraction of sp³-hybridized carbons (Fsp3) is 0.0588. The van der Waals surface area contributed by atoms with Crippen LogP contribution in [0.2, 0.25) is 0 Å². The van der Waals surface area contributed by atoms with Crippen molar-refractivity contribution in [1.82, 2.24) is 0 Å². The van der Waals surface area contributed by atoms with E-state index in [1.54, 1.807) is 17.4 Å². The van der Waals surface area contributed by atoms with Crippen molar-refractivity contribution in [3.8, 4) is 0 Å². The van der Waals surface area contributed by atoms with E-state index < -0.39 is 0 Å². The van der Waals surface area contributed by atoms with Gasteiger partial charge in [-0.25, -0.2) is 4.39 Å². The summed E-state index contributed by atoms with van der Waals surface area (Å²) in [4.78, 5) is 1.16. The summed E-state index contributed by atoms with van der Waals surface area (Å²) >= 11 is 1.66. The predicted octanol–water partition coefficient (Wildman–Crippen LogP) is 4.65. The quantitative estimate of drug-likeness (QED) is 0.696. The molecule has 0 saturated heterocycles. The number of hydrogen-bond donors (Lipinski definition) is 1. The van der Waals surface area contributed by atoms with Crippen molar-refractivity contribution >= 4 is 17.0 Å². The van der Waals surface area contributed by atoms with Gasteiger partial charge in [0.25, 0.3) is 0 Å². The third-order valence-corrected chi connectivity index (χ3v) is 4.26. The molecule has 20 heavy (non-hydrogen) atoms. The number of thiophene rings is 1. The molecular formula is C17H14FNS. The van der Waals surface area contributed by atoms with E-state index in [1.807, 2.05) is 29.6 Å². The molecular weight excluding hydrogens is 269 g/mol. The first-order chi connectivity index (χ1) is 9.75. The third-order valence-electron chi connectivity index (χ3n) is 3.32. The second-order valence-electron chi connectivity index (χ2n) is 4.63. The maximum Gasteiger partial charge on any atom is 0.123 e. The summed E-state index contributed by atoms with van der Waals surface area (Å²) in [5.74, 6) is -0.279. The monoisotopic (exact) mass is 283 g/mol. The molecule has 0 aliphatic rings. The van der Waals surface area contributed by atoms with E-state index in [2.05, 4.69) is 18.2 Å². The Labute approximate surface area is 121 Å². The minimum Gasteiger partial charge on any atom is -0.398 e. The van der Waals surface area contributed by atoms with E-state index >= 15 is 0 Å². The zero-order valence-electron chi connectivity index (χ0n) is 10.8. The molecule has 1 aromatic heterocycles. The van der Waals surface area contributed by atoms with Crippen LogP contribution in [0.1, 0.15) is 21.9 Å². The highest BCUT2D eigenvalue weighted by molar-refractivity contribution is 7.10. The largest absolute Gasteiger partial charge is 0.398 e. The molecule has 0 spiro atoms. The van der Waals surface area contributed by atoms with Crippen LogP contribution in [-0.2, 0) is 0 Å². The zero-order valence-corrected chi connectivity index (χ0v) is 11.6. The molecule has 0 aliphatic carbocycles. The van der Waals surface area contributed by atoms with Gasteiger partial charge in [0, 0.05) is 16.5 Å². The molecule has 3 heteroatoms. The maximum atomic E-state index is 13.6. The van der Waals surface area contributed by atoms with Crippen molar-refractivity contribution in [1.29, 1.82) is 0 Å². The number of nitrogen functional groups attached to an aromatic ring is 1. The van der Waals surface area contributed by atoms with Crippen molar-refractivity contribution < 1.29 is 4.39 Å². The molecule has 0 radical (unpaired) electrons. The Hall–Kier alpha value is -2.13. The average Bonchev–Trinajstić information content (AvgIpc) is 2.98. The second-order valence-corrected chi connectivity index (χ2v) is 5.61. The third kappa shape index (κ3) is 2.45. The van der Waals surface area contributed by atoms with E-state index in [9.17, 15) is 4.39 Å². The number of nitrogens with two attached hydrogens (primary N) is 1. The predicted molar refractivity (Wildman–Crippen MR) is 82.5 cm³/mol. The molecule has 100 valence electrons. The Balaban J connectivity index is 2.18. The molecule has 1 heterocycles. The first-order valence-corrected chi connectivity index (χ1v) is 7.27. The molecule has 2 N–H and O–H groups in total. The summed E-state index contributed by atoms with van der Waals surface area (Å²) in [5.41, 5.74) is 8.63. The minimum atomic E-state index is -0.258. The van der Waals surface area contributed by atoms with Crippen LogP contribution in [0.25, 0.3) is 0 Å². The molecule has 0 bridgehead atoms. The molecule has 0 amide bonds. The van der Waals surface area contributed by atoms with Crippen LogP contribution in [0.15, 0.2) is 66.0 Å². The Bertz CT molecular complexity index is 692. The van der Waals surface area contributed by atoms with Crippen LogP contribution in [0.4, 0.5) is 10.1 Å². The lowest BCUT2D eigenvalue weighted by atomic mass is 9.89. The number of rotatable bonds is 3. The fourth-order valence-corrected chi connectivity index (χ4v) is 3.26. The topological polar surface area (TPSA) is 26.0 Å². The highest BCUT2D eigenvalue weighted by Gasteiger charge is 2.20. The lowest BCUT2D eigenvalue weighted by Gasteiger charge is -2.18. The number of anilines is 1. The van der Waals surface area contributed by atoms with E-state index in [0.717, 1.165) is 16.0 Å². The summed E-state index contributed by atoms with van der Waals surface area (Å²) in [6.07, 6.45) is 0. The van der Waals surface area contributed by atoms with Crippen LogP contribution >= 0.6 is 11.3 Å². The lowest BCUT2D eigenvalue weighted by Crippen LogP contribution is -2.05. The molecule has 0 saturated carbocycles. The van der Waals surface area contributed by atoms with Gasteiger partial charge in [-0.2, -0.15) is 0 Å². The summed E-state index contributed by atoms with van der Waals surface area (Å²) in [6.45, 7) is 0. The van der Waals surface area contributed by atoms with Crippen molar-refractivity contribution in [2.24, 2.45) is 0 Å². The highest BCUT2D eigenvalue weighted by atomic mass is 32.1. The van der Waals surface area contributed by atoms with E-state index in [1.165, 1.54) is 12.1 Å². The summed E-state index contributed by atoms with van der Waals surface area (Å²) < 4.78 is 13.6. The maximum absolute atomic E-state index is 13.6. The van der Waals surface area contributed by atoms with Gasteiger partial charge in [0.1, 0.15) is 5.82 Å². The average molecular weight is 283 g/mol. The van der Waals surface area contributed by atoms with Gasteiger partial charge in [-0.3, -0.25) is 0 Å². The van der Waals surface area contributed by atoms with Crippen LogP contribution in [0.5, 0.6) is 0 Å². The fourth-order valence-electron chi connectivity index (χ4n) is 2.39. The summed E-state index contributed by atoms with van der Waals surface area (Å²) in [7, 11) is 0. The van der Waals surface area contributed by atoms with Crippen LogP contribution in [0, 0.1) is 5.82 Å². The number of halogens is 1. The van der Waals surface area contributed by atoms with Crippen molar-refractivity contribution in [3.63, 3.8) is 0 Å². The smallest absolute Gasteiger partial charge is 0.123 e. The highest BCUT2D eigenvalue weighted by Crippen LogP contribution is 2.37. The van der Waals surface area contributed by atoms with Crippen LogP contribution in [-0.4, -0.2) is 0 Å². The van der Waals surface area contributed by atoms with Crippen LogP contribution in [0.3, 0.4) is 0 Å². The Morgan fingerprint density at radius 1 is 0.950 bits per heavy atom. The van der Waals surface area contributed by atoms with E-state index in [0.29, 0.717) is 5.69 Å². The van der Waals surface area contributed by atoms with Gasteiger partial charge in [0.15, 0.2) is 0 Å². The first kappa shape index (κ1) is 12.9. The van der Waals surface area contributed by atoms with Gasteiger partial charge < -0.3 is 5.73 Å². The molecule has 3 aromatic rings. The van der Waals surface area contributed by atoms with Crippen molar-refractivity contribution in [2.45, 2.75) is 5.92 Å². The van der Waals surface area contributed by atoms with Crippen LogP contribution < -0.4 is 5.73 Å². The summed E-state index contributed by atoms with van der Waals surface area (Å²) in [5, 5.41) is 2.03. The molecule has 2 aromatic carbocycles.